The molecule has 1 aliphatic heterocycles. The van der Waals surface area contributed by atoms with Crippen molar-refractivity contribution in [1.29, 1.82) is 0 Å². The monoisotopic (exact) mass is 438 g/mol. The van der Waals surface area contributed by atoms with Crippen LogP contribution in [0.1, 0.15) is 28.3 Å². The van der Waals surface area contributed by atoms with Gasteiger partial charge in [-0.25, -0.2) is 0 Å². The van der Waals surface area contributed by atoms with E-state index in [1.165, 1.54) is 19.1 Å². The zero-order valence-electron chi connectivity index (χ0n) is 19.4. The number of benzene rings is 2. The second kappa shape index (κ2) is 9.44. The molecule has 0 saturated carbocycles. The van der Waals surface area contributed by atoms with Crippen LogP contribution in [-0.4, -0.2) is 68.0 Å². The van der Waals surface area contributed by atoms with Gasteiger partial charge in [-0.15, -0.1) is 0 Å². The Hall–Kier alpha value is -3.32. The van der Waals surface area contributed by atoms with Crippen molar-refractivity contribution < 1.29 is 24.2 Å². The van der Waals surface area contributed by atoms with Gasteiger partial charge in [0.25, 0.3) is 11.7 Å². The number of likely N-dealkylation sites (tertiary alicyclic amines) is 1. The highest BCUT2D eigenvalue weighted by molar-refractivity contribution is 6.46. The number of ketones is 1. The Labute approximate surface area is 188 Å². The molecule has 0 bridgehead atoms. The van der Waals surface area contributed by atoms with Gasteiger partial charge in [0.15, 0.2) is 11.5 Å². The van der Waals surface area contributed by atoms with Gasteiger partial charge in [-0.2, -0.15) is 0 Å². The minimum atomic E-state index is -0.804. The van der Waals surface area contributed by atoms with Crippen molar-refractivity contribution in [3.8, 4) is 11.5 Å². The Morgan fingerprint density at radius 3 is 2.38 bits per heavy atom. The maximum atomic E-state index is 13.2. The fourth-order valence-corrected chi connectivity index (χ4v) is 3.91. The van der Waals surface area contributed by atoms with Crippen LogP contribution in [-0.2, 0) is 9.59 Å². The average Bonchev–Trinajstić information content (AvgIpc) is 3.02. The quantitative estimate of drug-likeness (QED) is 0.406. The fraction of sp³-hybridized carbons (Fsp3) is 0.360. The van der Waals surface area contributed by atoms with Gasteiger partial charge in [0, 0.05) is 24.2 Å². The third-order valence-corrected chi connectivity index (χ3v) is 5.84. The minimum Gasteiger partial charge on any atom is -0.507 e. The van der Waals surface area contributed by atoms with Crippen LogP contribution in [0.15, 0.2) is 42.0 Å². The lowest BCUT2D eigenvalue weighted by molar-refractivity contribution is -0.140. The summed E-state index contributed by atoms with van der Waals surface area (Å²) in [4.78, 5) is 29.7. The van der Waals surface area contributed by atoms with E-state index >= 15 is 0 Å². The molecule has 1 unspecified atom stereocenters. The molecule has 32 heavy (non-hydrogen) atoms. The number of rotatable bonds is 7. The number of carbonyl (C=O) groups is 2. The molecule has 2 aromatic carbocycles. The third-order valence-electron chi connectivity index (χ3n) is 5.84. The molecular formula is C25H30N2O5. The van der Waals surface area contributed by atoms with Crippen molar-refractivity contribution in [2.24, 2.45) is 0 Å². The number of aryl methyl sites for hydroxylation is 2. The van der Waals surface area contributed by atoms with E-state index in [1.54, 1.807) is 24.3 Å². The number of methoxy groups -OCH3 is 2. The molecule has 1 amide bonds. The summed E-state index contributed by atoms with van der Waals surface area (Å²) >= 11 is 0. The molecule has 1 aliphatic rings. The Balaban J connectivity index is 2.26. The summed E-state index contributed by atoms with van der Waals surface area (Å²) < 4.78 is 11.0. The lowest BCUT2D eigenvalue weighted by Gasteiger charge is -2.28. The molecule has 1 fully saturated rings. The summed E-state index contributed by atoms with van der Waals surface area (Å²) in [5, 5.41) is 11.2. The molecule has 0 radical (unpaired) electrons. The second-order valence-corrected chi connectivity index (χ2v) is 8.18. The molecule has 2 aromatic rings. The summed E-state index contributed by atoms with van der Waals surface area (Å²) in [6, 6.07) is 9.96. The molecular weight excluding hydrogens is 408 g/mol. The highest BCUT2D eigenvalue weighted by atomic mass is 16.5. The van der Waals surface area contributed by atoms with E-state index in [9.17, 15) is 14.7 Å². The van der Waals surface area contributed by atoms with E-state index in [4.69, 9.17) is 9.47 Å². The number of Topliss-reactive ketones (excluding diaryl/α,β-unsaturated/α-hetero) is 1. The van der Waals surface area contributed by atoms with Gasteiger partial charge >= 0.3 is 0 Å². The van der Waals surface area contributed by atoms with Crippen LogP contribution in [0.4, 0.5) is 0 Å². The first-order valence-electron chi connectivity index (χ1n) is 10.4. The van der Waals surface area contributed by atoms with E-state index in [0.29, 0.717) is 35.7 Å². The highest BCUT2D eigenvalue weighted by Crippen LogP contribution is 2.45. The van der Waals surface area contributed by atoms with Crippen LogP contribution < -0.4 is 9.47 Å². The normalized spacial score (nSPS) is 17.8. The topological polar surface area (TPSA) is 79.3 Å². The first-order valence-corrected chi connectivity index (χ1v) is 10.4. The number of aliphatic hydroxyl groups is 1. The molecule has 0 spiro atoms. The van der Waals surface area contributed by atoms with Gasteiger partial charge in [-0.05, 0) is 51.2 Å². The smallest absolute Gasteiger partial charge is 0.295 e. The van der Waals surface area contributed by atoms with Crippen LogP contribution in [0.2, 0.25) is 0 Å². The average molecular weight is 439 g/mol. The number of hydrogen-bond donors (Lipinski definition) is 1. The molecule has 1 N–H and O–H groups in total. The standard InChI is InChI=1S/C25H30N2O5/c1-15-10-11-17(14-16(15)2)22(28)20-21(18-8-7-9-19(31-5)24(18)32-6)27(13-12-26(3)4)25(30)23(20)29/h7-11,14,21,28H,12-13H2,1-6H3/b22-20+. The highest BCUT2D eigenvalue weighted by Gasteiger charge is 2.47. The van der Waals surface area contributed by atoms with Gasteiger partial charge in [-0.3, -0.25) is 9.59 Å². The summed E-state index contributed by atoms with van der Waals surface area (Å²) in [5.74, 6) is -0.660. The lowest BCUT2D eigenvalue weighted by atomic mass is 9.93. The van der Waals surface area contributed by atoms with Crippen molar-refractivity contribution in [2.75, 3.05) is 41.4 Å². The number of hydrogen-bond acceptors (Lipinski definition) is 6. The zero-order chi connectivity index (χ0) is 23.6. The number of para-hydroxylation sites is 1. The van der Waals surface area contributed by atoms with Gasteiger partial charge in [0.05, 0.1) is 25.8 Å². The van der Waals surface area contributed by atoms with Crippen LogP contribution in [0.3, 0.4) is 0 Å². The van der Waals surface area contributed by atoms with Crippen molar-refractivity contribution in [2.45, 2.75) is 19.9 Å². The van der Waals surface area contributed by atoms with Crippen LogP contribution in [0.5, 0.6) is 11.5 Å². The molecule has 7 heteroatoms. The minimum absolute atomic E-state index is 0.0450. The Morgan fingerprint density at radius 1 is 1.06 bits per heavy atom. The molecule has 0 aromatic heterocycles. The van der Waals surface area contributed by atoms with Gasteiger partial charge in [-0.1, -0.05) is 24.3 Å². The Bertz CT molecular complexity index is 1070. The summed E-state index contributed by atoms with van der Waals surface area (Å²) in [5.41, 5.74) is 3.16. The molecule has 7 nitrogen and oxygen atoms in total. The number of aliphatic hydroxyl groups excluding tert-OH is 1. The van der Waals surface area contributed by atoms with Crippen LogP contribution in [0, 0.1) is 13.8 Å². The van der Waals surface area contributed by atoms with Crippen LogP contribution >= 0.6 is 0 Å². The van der Waals surface area contributed by atoms with E-state index in [2.05, 4.69) is 0 Å². The maximum Gasteiger partial charge on any atom is 0.295 e. The first kappa shape index (κ1) is 23.3. The number of carbonyl (C=O) groups excluding carboxylic acids is 2. The number of ether oxygens (including phenoxy) is 2. The fourth-order valence-electron chi connectivity index (χ4n) is 3.91. The van der Waals surface area contributed by atoms with Gasteiger partial charge < -0.3 is 24.4 Å². The van der Waals surface area contributed by atoms with Crippen LogP contribution in [0.25, 0.3) is 5.76 Å². The predicted molar refractivity (Wildman–Crippen MR) is 123 cm³/mol. The summed E-state index contributed by atoms with van der Waals surface area (Å²) in [6.45, 7) is 4.77. The van der Waals surface area contributed by atoms with Gasteiger partial charge in [0.1, 0.15) is 5.76 Å². The first-order chi connectivity index (χ1) is 15.2. The second-order valence-electron chi connectivity index (χ2n) is 8.18. The molecule has 1 heterocycles. The number of nitrogens with zero attached hydrogens (tertiary/aromatic N) is 2. The van der Waals surface area contributed by atoms with E-state index in [0.717, 1.165) is 11.1 Å². The van der Waals surface area contributed by atoms with Crippen molar-refractivity contribution in [3.63, 3.8) is 0 Å². The molecule has 1 saturated heterocycles. The van der Waals surface area contributed by atoms with E-state index in [-0.39, 0.29) is 11.3 Å². The summed E-state index contributed by atoms with van der Waals surface area (Å²) in [6.07, 6.45) is 0. The largest absolute Gasteiger partial charge is 0.507 e. The van der Waals surface area contributed by atoms with Crippen molar-refractivity contribution in [3.05, 3.63) is 64.2 Å². The molecule has 3 rings (SSSR count). The molecule has 170 valence electrons. The number of likely N-dealkylation sites (N-methyl/N-ethyl adjacent to an activating group) is 1. The predicted octanol–water partition coefficient (Wildman–Crippen LogP) is 3.30. The third kappa shape index (κ3) is 4.21. The van der Waals surface area contributed by atoms with E-state index in [1.807, 2.05) is 45.0 Å². The van der Waals surface area contributed by atoms with Crippen molar-refractivity contribution >= 4 is 17.4 Å². The molecule has 1 atom stereocenters. The van der Waals surface area contributed by atoms with Crippen molar-refractivity contribution in [1.82, 2.24) is 9.80 Å². The maximum absolute atomic E-state index is 13.2. The Kier molecular flexibility index (Phi) is 6.89. The van der Waals surface area contributed by atoms with Gasteiger partial charge in [0.2, 0.25) is 0 Å². The number of amides is 1. The zero-order valence-corrected chi connectivity index (χ0v) is 19.4. The lowest BCUT2D eigenvalue weighted by Crippen LogP contribution is -2.35. The van der Waals surface area contributed by atoms with E-state index < -0.39 is 17.7 Å². The Morgan fingerprint density at radius 2 is 1.78 bits per heavy atom. The summed E-state index contributed by atoms with van der Waals surface area (Å²) in [7, 11) is 6.83. The molecule has 0 aliphatic carbocycles. The SMILES string of the molecule is COc1cccc(C2/C(=C(\O)c3ccc(C)c(C)c3)C(=O)C(=O)N2CCN(C)C)c1OC.